The summed E-state index contributed by atoms with van der Waals surface area (Å²) in [5.41, 5.74) is 4.20. The Bertz CT molecular complexity index is 1480. The molecule has 1 unspecified atom stereocenters. The van der Waals surface area contributed by atoms with Crippen molar-refractivity contribution in [1.82, 2.24) is 4.98 Å². The molecule has 0 bridgehead atoms. The van der Waals surface area contributed by atoms with Gasteiger partial charge in [-0.3, -0.25) is 4.57 Å². The number of carboxylic acids is 1. The van der Waals surface area contributed by atoms with Crippen LogP contribution in [0.4, 0.5) is 5.69 Å². The first-order chi connectivity index (χ1) is 16.8. The fraction of sp³-hybridized carbons (Fsp3) is 0.0833. The third kappa shape index (κ3) is 5.96. The third-order valence-electron chi connectivity index (χ3n) is 4.67. The Morgan fingerprint density at radius 2 is 1.94 bits per heavy atom. The van der Waals surface area contributed by atoms with Gasteiger partial charge in [0.25, 0.3) is 0 Å². The van der Waals surface area contributed by atoms with Crippen LogP contribution in [0.5, 0.6) is 0 Å². The summed E-state index contributed by atoms with van der Waals surface area (Å²) in [5.74, 6) is 4.89. The Balaban J connectivity index is 1.66. The molecule has 0 aliphatic carbocycles. The maximum atomic E-state index is 13.8. The molecule has 1 atom stereocenters. The highest BCUT2D eigenvalue weighted by Gasteiger charge is 2.31. The van der Waals surface area contributed by atoms with Crippen molar-refractivity contribution < 1.29 is 19.0 Å². The number of carbonyl (C=O) groups is 1. The van der Waals surface area contributed by atoms with Gasteiger partial charge < -0.3 is 14.7 Å². The maximum absolute atomic E-state index is 13.8. The average Bonchev–Trinajstić information content (AvgIpc) is 3.48. The minimum absolute atomic E-state index is 0.00239. The summed E-state index contributed by atoms with van der Waals surface area (Å²) in [7, 11) is -3.76. The first-order valence-electron chi connectivity index (χ1n) is 10.2. The Morgan fingerprint density at radius 1 is 1.17 bits per heavy atom. The number of nitrogens with zero attached hydrogens (tertiary/aromatic N) is 1. The molecule has 2 heterocycles. The zero-order chi connectivity index (χ0) is 25.0. The van der Waals surface area contributed by atoms with E-state index in [2.05, 4.69) is 21.9 Å². The van der Waals surface area contributed by atoms with Gasteiger partial charge in [-0.15, -0.1) is 22.7 Å². The van der Waals surface area contributed by atoms with Gasteiger partial charge in [-0.1, -0.05) is 41.3 Å². The lowest BCUT2D eigenvalue weighted by Crippen LogP contribution is -2.16. The highest BCUT2D eigenvalue weighted by atomic mass is 35.5. The fourth-order valence-corrected chi connectivity index (χ4v) is 7.18. The number of aromatic carboxylic acids is 1. The van der Waals surface area contributed by atoms with E-state index in [9.17, 15) is 14.5 Å². The van der Waals surface area contributed by atoms with E-state index in [1.54, 1.807) is 24.6 Å². The summed E-state index contributed by atoms with van der Waals surface area (Å²) in [4.78, 5) is 16.8. The van der Waals surface area contributed by atoms with Crippen LogP contribution < -0.4 is 10.4 Å². The van der Waals surface area contributed by atoms with E-state index in [0.717, 1.165) is 22.5 Å². The zero-order valence-corrected chi connectivity index (χ0v) is 22.2. The summed E-state index contributed by atoms with van der Waals surface area (Å²) >= 11 is 14.8. The second-order valence-electron chi connectivity index (χ2n) is 7.04. The predicted octanol–water partition coefficient (Wildman–Crippen LogP) is 7.24. The quantitative estimate of drug-likeness (QED) is 0.182. The van der Waals surface area contributed by atoms with Crippen molar-refractivity contribution in [1.29, 1.82) is 0 Å². The van der Waals surface area contributed by atoms with Crippen LogP contribution >= 0.6 is 53.4 Å². The minimum Gasteiger partial charge on any atom is -0.477 e. The normalized spacial score (nSPS) is 12.4. The van der Waals surface area contributed by atoms with E-state index in [0.29, 0.717) is 15.6 Å². The van der Waals surface area contributed by atoms with Gasteiger partial charge in [0, 0.05) is 20.8 Å². The summed E-state index contributed by atoms with van der Waals surface area (Å²) in [6, 6.07) is 13.6. The van der Waals surface area contributed by atoms with Crippen molar-refractivity contribution in [3.8, 4) is 22.3 Å². The molecule has 0 saturated heterocycles. The molecule has 2 N–H and O–H groups in total. The molecule has 0 fully saturated rings. The van der Waals surface area contributed by atoms with Gasteiger partial charge >= 0.3 is 13.5 Å². The molecular formula is C24H17Cl2N2O4PS2. The van der Waals surface area contributed by atoms with Crippen LogP contribution in [0.1, 0.15) is 27.9 Å². The van der Waals surface area contributed by atoms with Gasteiger partial charge in [-0.25, -0.2) is 9.78 Å². The second kappa shape index (κ2) is 11.0. The van der Waals surface area contributed by atoms with Crippen LogP contribution in [0.15, 0.2) is 59.4 Å². The molecule has 2 aromatic carbocycles. The van der Waals surface area contributed by atoms with Gasteiger partial charge in [0.05, 0.1) is 28.1 Å². The molecule has 0 aliphatic rings. The Labute approximate surface area is 220 Å². The molecule has 178 valence electrons. The number of carboxylic acid groups (broad SMARTS) is 1. The number of halogens is 2. The molecule has 2 aromatic heterocycles. The van der Waals surface area contributed by atoms with E-state index in [-0.39, 0.29) is 27.5 Å². The lowest BCUT2D eigenvalue weighted by molar-refractivity contribution is 0.0703. The molecule has 4 rings (SSSR count). The van der Waals surface area contributed by atoms with Gasteiger partial charge in [0.15, 0.2) is 0 Å². The molecule has 0 aliphatic heterocycles. The van der Waals surface area contributed by atoms with Gasteiger partial charge in [0.2, 0.25) is 0 Å². The van der Waals surface area contributed by atoms with Crippen LogP contribution in [-0.2, 0) is 9.09 Å². The molecule has 0 amide bonds. The van der Waals surface area contributed by atoms with Crippen molar-refractivity contribution in [3.05, 3.63) is 85.6 Å². The molecule has 0 saturated carbocycles. The van der Waals surface area contributed by atoms with Crippen molar-refractivity contribution in [2.45, 2.75) is 6.92 Å². The van der Waals surface area contributed by atoms with Crippen molar-refractivity contribution in [2.75, 3.05) is 11.7 Å². The van der Waals surface area contributed by atoms with Crippen LogP contribution in [-0.4, -0.2) is 22.7 Å². The fourth-order valence-electron chi connectivity index (χ4n) is 3.13. The number of hydrogen-bond acceptors (Lipinski definition) is 6. The number of hydrogen-bond donors (Lipinski definition) is 2. The summed E-state index contributed by atoms with van der Waals surface area (Å²) in [6.45, 7) is 1.81. The Hall–Kier alpha value is -2.63. The molecule has 0 radical (unpaired) electrons. The number of rotatable bonds is 7. The summed E-state index contributed by atoms with van der Waals surface area (Å²) in [6.07, 6.45) is 0. The number of nitrogens with one attached hydrogen (secondary N) is 1. The standard InChI is InChI=1S/C24H17Cl2N2O4PS2/c1-2-32-33(31,21-10-8-17(25)11-19(21)26)28-20-12-22(35-23(20)24(29)30)16-6-3-15(4-7-16)5-9-18-13-34-14-27-18/h3-4,6-8,10-14H,2H2,1H3,(H,28,31)(H,29,30). The van der Waals surface area contributed by atoms with E-state index in [4.69, 9.17) is 27.7 Å². The van der Waals surface area contributed by atoms with E-state index < -0.39 is 13.5 Å². The molecule has 6 nitrogen and oxygen atoms in total. The van der Waals surface area contributed by atoms with Gasteiger partial charge in [0.1, 0.15) is 10.6 Å². The van der Waals surface area contributed by atoms with Gasteiger partial charge in [-0.05, 0) is 54.8 Å². The highest BCUT2D eigenvalue weighted by molar-refractivity contribution is 7.68. The Kier molecular flexibility index (Phi) is 7.98. The average molecular weight is 563 g/mol. The zero-order valence-electron chi connectivity index (χ0n) is 18.1. The monoisotopic (exact) mass is 562 g/mol. The maximum Gasteiger partial charge on any atom is 0.348 e. The lowest BCUT2D eigenvalue weighted by atomic mass is 10.1. The van der Waals surface area contributed by atoms with Crippen molar-refractivity contribution in [3.63, 3.8) is 0 Å². The molecule has 4 aromatic rings. The topological polar surface area (TPSA) is 88.5 Å². The largest absolute Gasteiger partial charge is 0.477 e. The summed E-state index contributed by atoms with van der Waals surface area (Å²) in [5, 5.41) is 15.2. The van der Waals surface area contributed by atoms with E-state index in [1.807, 2.05) is 29.6 Å². The van der Waals surface area contributed by atoms with Crippen LogP contribution in [0.2, 0.25) is 10.0 Å². The molecule has 35 heavy (non-hydrogen) atoms. The molecule has 11 heteroatoms. The second-order valence-corrected chi connectivity index (χ2v) is 11.7. The highest BCUT2D eigenvalue weighted by Crippen LogP contribution is 2.50. The number of anilines is 1. The van der Waals surface area contributed by atoms with Crippen LogP contribution in [0.25, 0.3) is 10.4 Å². The molecule has 0 spiro atoms. The summed E-state index contributed by atoms with van der Waals surface area (Å²) < 4.78 is 19.4. The number of thiazole rings is 1. The van der Waals surface area contributed by atoms with Crippen LogP contribution in [0, 0.1) is 11.8 Å². The van der Waals surface area contributed by atoms with Crippen LogP contribution in [0.3, 0.4) is 0 Å². The van der Waals surface area contributed by atoms with Crippen molar-refractivity contribution in [2.24, 2.45) is 0 Å². The van der Waals surface area contributed by atoms with E-state index >= 15 is 0 Å². The lowest BCUT2D eigenvalue weighted by Gasteiger charge is -2.21. The third-order valence-corrected chi connectivity index (χ3v) is 9.29. The first-order valence-corrected chi connectivity index (χ1v) is 14.3. The van der Waals surface area contributed by atoms with E-state index in [1.165, 1.54) is 23.5 Å². The Morgan fingerprint density at radius 3 is 2.57 bits per heavy atom. The minimum atomic E-state index is -3.76. The molecular weight excluding hydrogens is 546 g/mol. The van der Waals surface area contributed by atoms with Gasteiger partial charge in [-0.2, -0.15) is 0 Å². The predicted molar refractivity (Wildman–Crippen MR) is 144 cm³/mol. The number of aromatic nitrogens is 1. The number of thiophene rings is 1. The number of benzene rings is 2. The van der Waals surface area contributed by atoms with Crippen molar-refractivity contribution >= 4 is 70.4 Å². The first kappa shape index (κ1) is 25.5. The SMILES string of the molecule is CCOP(=O)(Nc1cc(-c2ccc(C#Cc3cscn3)cc2)sc1C(=O)O)c1ccc(Cl)cc1Cl. The smallest absolute Gasteiger partial charge is 0.348 e.